The SMILES string of the molecule is COC(=O)[C@@H]1C[C@@H](OC(C)=O)[C@H](CC=O)N1C(=O)OC(C)(C)C. The maximum absolute atomic E-state index is 12.4. The first-order valence-corrected chi connectivity index (χ1v) is 7.30. The topological polar surface area (TPSA) is 99.2 Å². The molecule has 0 unspecified atom stereocenters. The monoisotopic (exact) mass is 329 g/mol. The van der Waals surface area contributed by atoms with Crippen LogP contribution in [0.5, 0.6) is 0 Å². The van der Waals surface area contributed by atoms with E-state index in [-0.39, 0.29) is 12.8 Å². The molecular weight excluding hydrogens is 306 g/mol. The number of ether oxygens (including phenoxy) is 3. The predicted molar refractivity (Wildman–Crippen MR) is 78.5 cm³/mol. The number of hydrogen-bond donors (Lipinski definition) is 0. The largest absolute Gasteiger partial charge is 0.467 e. The third kappa shape index (κ3) is 4.94. The summed E-state index contributed by atoms with van der Waals surface area (Å²) >= 11 is 0. The average molecular weight is 329 g/mol. The molecule has 8 nitrogen and oxygen atoms in total. The fourth-order valence-corrected chi connectivity index (χ4v) is 2.53. The van der Waals surface area contributed by atoms with Crippen molar-refractivity contribution in [3.8, 4) is 0 Å². The highest BCUT2D eigenvalue weighted by Crippen LogP contribution is 2.31. The molecule has 1 rings (SSSR count). The van der Waals surface area contributed by atoms with Gasteiger partial charge in [0.15, 0.2) is 0 Å². The Bertz CT molecular complexity index is 483. The van der Waals surface area contributed by atoms with Crippen LogP contribution in [0.1, 0.15) is 40.5 Å². The highest BCUT2D eigenvalue weighted by molar-refractivity contribution is 5.83. The summed E-state index contributed by atoms with van der Waals surface area (Å²) in [6, 6.07) is -1.74. The molecule has 0 bridgehead atoms. The van der Waals surface area contributed by atoms with Gasteiger partial charge in [0.2, 0.25) is 0 Å². The molecule has 0 saturated carbocycles. The van der Waals surface area contributed by atoms with E-state index in [1.807, 2.05) is 0 Å². The Kier molecular flexibility index (Phi) is 6.12. The van der Waals surface area contributed by atoms with E-state index in [1.165, 1.54) is 14.0 Å². The number of aldehydes is 1. The van der Waals surface area contributed by atoms with Gasteiger partial charge in [-0.05, 0) is 20.8 Å². The van der Waals surface area contributed by atoms with Crippen LogP contribution in [0.15, 0.2) is 0 Å². The molecule has 130 valence electrons. The van der Waals surface area contributed by atoms with Gasteiger partial charge in [0.1, 0.15) is 24.0 Å². The number of rotatable bonds is 4. The van der Waals surface area contributed by atoms with Gasteiger partial charge in [-0.15, -0.1) is 0 Å². The minimum Gasteiger partial charge on any atom is -0.467 e. The summed E-state index contributed by atoms with van der Waals surface area (Å²) in [4.78, 5) is 47.8. The molecule has 1 saturated heterocycles. The van der Waals surface area contributed by atoms with Crippen LogP contribution in [0, 0.1) is 0 Å². The van der Waals surface area contributed by atoms with Crippen molar-refractivity contribution >= 4 is 24.3 Å². The first-order chi connectivity index (χ1) is 10.6. The standard InChI is InChI=1S/C15H23NO7/c1-9(18)22-12-8-11(13(19)21-5)16(10(12)6-7-17)14(20)23-15(2,3)4/h7,10-12H,6,8H2,1-5H3/t10-,11-,12+/m0/s1. The molecular formula is C15H23NO7. The third-order valence-electron chi connectivity index (χ3n) is 3.31. The Morgan fingerprint density at radius 2 is 1.87 bits per heavy atom. The van der Waals surface area contributed by atoms with Gasteiger partial charge in [0, 0.05) is 19.8 Å². The fourth-order valence-electron chi connectivity index (χ4n) is 2.53. The number of carbonyl (C=O) groups excluding carboxylic acids is 4. The maximum atomic E-state index is 12.4. The van der Waals surface area contributed by atoms with Crippen LogP contribution in [-0.4, -0.2) is 60.1 Å². The Morgan fingerprint density at radius 3 is 2.30 bits per heavy atom. The lowest BCUT2D eigenvalue weighted by Crippen LogP contribution is -2.49. The Labute approximate surface area is 135 Å². The third-order valence-corrected chi connectivity index (χ3v) is 3.31. The minimum absolute atomic E-state index is 0.0595. The van der Waals surface area contributed by atoms with Gasteiger partial charge in [0.25, 0.3) is 0 Å². The predicted octanol–water partition coefficient (Wildman–Crippen LogP) is 1.06. The van der Waals surface area contributed by atoms with Crippen molar-refractivity contribution in [3.63, 3.8) is 0 Å². The van der Waals surface area contributed by atoms with Gasteiger partial charge in [-0.25, -0.2) is 9.59 Å². The van der Waals surface area contributed by atoms with Crippen molar-refractivity contribution in [1.82, 2.24) is 4.90 Å². The van der Waals surface area contributed by atoms with Gasteiger partial charge in [0.05, 0.1) is 13.2 Å². The van der Waals surface area contributed by atoms with E-state index in [1.54, 1.807) is 20.8 Å². The zero-order valence-electron chi connectivity index (χ0n) is 14.0. The van der Waals surface area contributed by atoms with Crippen molar-refractivity contribution in [3.05, 3.63) is 0 Å². The molecule has 23 heavy (non-hydrogen) atoms. The summed E-state index contributed by atoms with van der Waals surface area (Å²) in [5.41, 5.74) is -0.775. The molecule has 8 heteroatoms. The molecule has 0 aliphatic carbocycles. The van der Waals surface area contributed by atoms with E-state index in [0.717, 1.165) is 4.90 Å². The minimum atomic E-state index is -0.968. The van der Waals surface area contributed by atoms with Crippen LogP contribution in [0.3, 0.4) is 0 Å². The van der Waals surface area contributed by atoms with Gasteiger partial charge in [-0.1, -0.05) is 0 Å². The zero-order chi connectivity index (χ0) is 17.8. The lowest BCUT2D eigenvalue weighted by atomic mass is 10.1. The number of nitrogens with zero attached hydrogens (tertiary/aromatic N) is 1. The highest BCUT2D eigenvalue weighted by Gasteiger charge is 2.50. The summed E-state index contributed by atoms with van der Waals surface area (Å²) in [5, 5.41) is 0. The van der Waals surface area contributed by atoms with Crippen molar-refractivity contribution in [2.24, 2.45) is 0 Å². The molecule has 0 radical (unpaired) electrons. The Hall–Kier alpha value is -2.12. The summed E-state index contributed by atoms with van der Waals surface area (Å²) in [5.74, 6) is -1.21. The molecule has 0 spiro atoms. The number of hydrogen-bond acceptors (Lipinski definition) is 7. The van der Waals surface area contributed by atoms with E-state index in [0.29, 0.717) is 6.29 Å². The second-order valence-electron chi connectivity index (χ2n) is 6.28. The number of esters is 2. The molecule has 3 atom stereocenters. The summed E-state index contributed by atoms with van der Waals surface area (Å²) < 4.78 is 15.2. The van der Waals surface area contributed by atoms with Crippen LogP contribution >= 0.6 is 0 Å². The Balaban J connectivity index is 3.13. The number of carbonyl (C=O) groups is 4. The van der Waals surface area contributed by atoms with Gasteiger partial charge < -0.3 is 19.0 Å². The van der Waals surface area contributed by atoms with E-state index < -0.39 is 41.8 Å². The molecule has 0 aromatic carbocycles. The fraction of sp³-hybridized carbons (Fsp3) is 0.733. The lowest BCUT2D eigenvalue weighted by molar-refractivity contribution is -0.148. The van der Waals surface area contributed by atoms with Crippen LogP contribution in [0.4, 0.5) is 4.79 Å². The van der Waals surface area contributed by atoms with Crippen molar-refractivity contribution in [1.29, 1.82) is 0 Å². The van der Waals surface area contributed by atoms with E-state index in [2.05, 4.69) is 0 Å². The first-order valence-electron chi connectivity index (χ1n) is 7.30. The maximum Gasteiger partial charge on any atom is 0.411 e. The normalized spacial score (nSPS) is 24.0. The van der Waals surface area contributed by atoms with Crippen molar-refractivity contribution in [2.75, 3.05) is 7.11 Å². The highest BCUT2D eigenvalue weighted by atomic mass is 16.6. The van der Waals surface area contributed by atoms with Crippen LogP contribution < -0.4 is 0 Å². The molecule has 0 N–H and O–H groups in total. The second kappa shape index (κ2) is 7.43. The molecule has 1 amide bonds. The number of likely N-dealkylation sites (tertiary alicyclic amines) is 1. The summed E-state index contributed by atoms with van der Waals surface area (Å²) in [6.45, 7) is 6.28. The number of amides is 1. The van der Waals surface area contributed by atoms with E-state index >= 15 is 0 Å². The van der Waals surface area contributed by atoms with E-state index in [4.69, 9.17) is 14.2 Å². The molecule has 0 aromatic rings. The molecule has 1 heterocycles. The smallest absolute Gasteiger partial charge is 0.411 e. The Morgan fingerprint density at radius 1 is 1.26 bits per heavy atom. The molecule has 1 fully saturated rings. The van der Waals surface area contributed by atoms with Gasteiger partial charge in [-0.2, -0.15) is 0 Å². The average Bonchev–Trinajstić information content (AvgIpc) is 2.74. The van der Waals surface area contributed by atoms with Crippen LogP contribution in [0.25, 0.3) is 0 Å². The van der Waals surface area contributed by atoms with Crippen molar-refractivity contribution < 1.29 is 33.4 Å². The van der Waals surface area contributed by atoms with Crippen LogP contribution in [-0.2, 0) is 28.6 Å². The molecule has 0 aromatic heterocycles. The first kappa shape index (κ1) is 18.9. The summed E-state index contributed by atoms with van der Waals surface area (Å²) in [7, 11) is 1.20. The molecule has 1 aliphatic heterocycles. The second-order valence-corrected chi connectivity index (χ2v) is 6.28. The van der Waals surface area contributed by atoms with Gasteiger partial charge >= 0.3 is 18.0 Å². The zero-order valence-corrected chi connectivity index (χ0v) is 14.0. The van der Waals surface area contributed by atoms with Gasteiger partial charge in [-0.3, -0.25) is 9.69 Å². The quantitative estimate of drug-likeness (QED) is 0.432. The lowest BCUT2D eigenvalue weighted by Gasteiger charge is -2.31. The van der Waals surface area contributed by atoms with E-state index in [9.17, 15) is 19.2 Å². The molecule has 1 aliphatic rings. The number of methoxy groups -OCH3 is 1. The summed E-state index contributed by atoms with van der Waals surface area (Å²) in [6.07, 6.45) is -0.934. The van der Waals surface area contributed by atoms with Crippen molar-refractivity contribution in [2.45, 2.75) is 64.3 Å². The van der Waals surface area contributed by atoms with Crippen LogP contribution in [0.2, 0.25) is 0 Å².